The Morgan fingerprint density at radius 3 is 2.96 bits per heavy atom. The van der Waals surface area contributed by atoms with Gasteiger partial charge >= 0.3 is 5.97 Å². The molecule has 0 bridgehead atoms. The fourth-order valence-electron chi connectivity index (χ4n) is 2.50. The molecule has 2 aromatic rings. The summed E-state index contributed by atoms with van der Waals surface area (Å²) < 4.78 is 15.4. The standard InChI is InChI=1S/C17H18N2O5S/c1-22-17(21)7-13(11-2-4-14-15(6-11)24-10-23-14)19-16(20)5-3-12-8-25-9-18-12/h2,4,6,8-9,13H,3,5,7,10H2,1H3,(H,19,20)/t13-/m0/s1. The molecule has 25 heavy (non-hydrogen) atoms. The third kappa shape index (κ3) is 4.48. The molecule has 7 nitrogen and oxygen atoms in total. The molecule has 132 valence electrons. The van der Waals surface area contributed by atoms with Gasteiger partial charge in [0, 0.05) is 11.8 Å². The number of hydrogen-bond acceptors (Lipinski definition) is 7. The van der Waals surface area contributed by atoms with Crippen LogP contribution in [0, 0.1) is 0 Å². The van der Waals surface area contributed by atoms with E-state index in [1.807, 2.05) is 11.4 Å². The fraction of sp³-hybridized carbons (Fsp3) is 0.353. The first-order chi connectivity index (χ1) is 12.2. The van der Waals surface area contributed by atoms with Crippen LogP contribution in [0.1, 0.15) is 30.1 Å². The van der Waals surface area contributed by atoms with Crippen molar-refractivity contribution in [3.8, 4) is 11.5 Å². The van der Waals surface area contributed by atoms with Gasteiger partial charge in [-0.2, -0.15) is 0 Å². The molecule has 0 unspecified atom stereocenters. The van der Waals surface area contributed by atoms with Crippen LogP contribution in [0.15, 0.2) is 29.1 Å². The van der Waals surface area contributed by atoms with Gasteiger partial charge < -0.3 is 19.5 Å². The molecule has 1 atom stereocenters. The molecule has 0 radical (unpaired) electrons. The van der Waals surface area contributed by atoms with E-state index in [9.17, 15) is 9.59 Å². The summed E-state index contributed by atoms with van der Waals surface area (Å²) in [6, 6.07) is 4.85. The summed E-state index contributed by atoms with van der Waals surface area (Å²) in [4.78, 5) is 28.2. The van der Waals surface area contributed by atoms with Crippen molar-refractivity contribution >= 4 is 23.2 Å². The zero-order chi connectivity index (χ0) is 17.6. The van der Waals surface area contributed by atoms with Gasteiger partial charge in [-0.1, -0.05) is 6.07 Å². The highest BCUT2D eigenvalue weighted by atomic mass is 32.1. The Labute approximate surface area is 148 Å². The molecule has 3 rings (SSSR count). The molecule has 8 heteroatoms. The van der Waals surface area contributed by atoms with E-state index in [0.717, 1.165) is 11.3 Å². The van der Waals surface area contributed by atoms with Gasteiger partial charge in [-0.15, -0.1) is 11.3 Å². The number of benzene rings is 1. The van der Waals surface area contributed by atoms with Crippen molar-refractivity contribution in [2.45, 2.75) is 25.3 Å². The predicted molar refractivity (Wildman–Crippen MR) is 90.5 cm³/mol. The Bertz CT molecular complexity index is 748. The van der Waals surface area contributed by atoms with Crippen molar-refractivity contribution in [2.75, 3.05) is 13.9 Å². The minimum Gasteiger partial charge on any atom is -0.469 e. The highest BCUT2D eigenvalue weighted by Gasteiger charge is 2.22. The minimum atomic E-state index is -0.495. The summed E-state index contributed by atoms with van der Waals surface area (Å²) in [7, 11) is 1.32. The first-order valence-electron chi connectivity index (χ1n) is 7.78. The van der Waals surface area contributed by atoms with E-state index < -0.39 is 12.0 Å². The number of aromatic nitrogens is 1. The summed E-state index contributed by atoms with van der Waals surface area (Å²) in [5, 5.41) is 4.81. The number of ether oxygens (including phenoxy) is 3. The van der Waals surface area contributed by atoms with Crippen LogP contribution in [0.25, 0.3) is 0 Å². The van der Waals surface area contributed by atoms with Crippen molar-refractivity contribution < 1.29 is 23.8 Å². The number of rotatable bonds is 7. The van der Waals surface area contributed by atoms with E-state index in [4.69, 9.17) is 14.2 Å². The predicted octanol–water partition coefficient (Wildman–Crippen LogP) is 2.22. The molecular formula is C17H18N2O5S. The molecule has 1 aromatic heterocycles. The molecule has 2 heterocycles. The number of nitrogens with zero attached hydrogens (tertiary/aromatic N) is 1. The zero-order valence-electron chi connectivity index (χ0n) is 13.7. The van der Waals surface area contributed by atoms with Crippen LogP contribution in [0.2, 0.25) is 0 Å². The van der Waals surface area contributed by atoms with Gasteiger partial charge in [0.25, 0.3) is 0 Å². The molecule has 1 aromatic carbocycles. The number of methoxy groups -OCH3 is 1. The maximum absolute atomic E-state index is 12.3. The molecule has 0 spiro atoms. The number of carbonyl (C=O) groups excluding carboxylic acids is 2. The Morgan fingerprint density at radius 2 is 2.20 bits per heavy atom. The fourth-order valence-corrected chi connectivity index (χ4v) is 3.09. The van der Waals surface area contributed by atoms with E-state index in [1.54, 1.807) is 17.6 Å². The minimum absolute atomic E-state index is 0.0403. The van der Waals surface area contributed by atoms with Crippen molar-refractivity contribution in [3.63, 3.8) is 0 Å². The average Bonchev–Trinajstić information content (AvgIpc) is 3.29. The summed E-state index contributed by atoms with van der Waals surface area (Å²) in [5.74, 6) is 0.696. The van der Waals surface area contributed by atoms with Crippen molar-refractivity contribution in [1.29, 1.82) is 0 Å². The Kier molecular flexibility index (Phi) is 5.49. The molecule has 0 saturated carbocycles. The molecule has 1 aliphatic rings. The van der Waals surface area contributed by atoms with Gasteiger partial charge in [-0.25, -0.2) is 4.98 Å². The monoisotopic (exact) mass is 362 g/mol. The largest absolute Gasteiger partial charge is 0.469 e. The number of amides is 1. The maximum atomic E-state index is 12.3. The molecule has 1 N–H and O–H groups in total. The van der Waals surface area contributed by atoms with Crippen molar-refractivity contribution in [3.05, 3.63) is 40.3 Å². The topological polar surface area (TPSA) is 86.8 Å². The quantitative estimate of drug-likeness (QED) is 0.760. The van der Waals surface area contributed by atoms with Crippen molar-refractivity contribution in [2.24, 2.45) is 0 Å². The third-order valence-electron chi connectivity index (χ3n) is 3.82. The Balaban J connectivity index is 1.68. The number of thiazole rings is 1. The van der Waals surface area contributed by atoms with Gasteiger partial charge in [-0.3, -0.25) is 9.59 Å². The summed E-state index contributed by atoms with van der Waals surface area (Å²) in [6.07, 6.45) is 0.895. The van der Waals surface area contributed by atoms with Crippen LogP contribution in [0.4, 0.5) is 0 Å². The number of carbonyl (C=O) groups is 2. The lowest BCUT2D eigenvalue weighted by Gasteiger charge is -2.18. The summed E-state index contributed by atoms with van der Waals surface area (Å²) in [5.41, 5.74) is 3.38. The lowest BCUT2D eigenvalue weighted by atomic mass is 10.0. The highest BCUT2D eigenvalue weighted by Crippen LogP contribution is 2.34. The summed E-state index contributed by atoms with van der Waals surface area (Å²) >= 11 is 1.50. The lowest BCUT2D eigenvalue weighted by Crippen LogP contribution is -2.30. The van der Waals surface area contributed by atoms with Crippen LogP contribution in [-0.2, 0) is 20.7 Å². The highest BCUT2D eigenvalue weighted by molar-refractivity contribution is 7.07. The number of nitrogens with one attached hydrogen (secondary N) is 1. The molecule has 0 saturated heterocycles. The van der Waals surface area contributed by atoms with Crippen LogP contribution < -0.4 is 14.8 Å². The van der Waals surface area contributed by atoms with E-state index in [1.165, 1.54) is 18.4 Å². The molecule has 1 amide bonds. The second-order valence-electron chi connectivity index (χ2n) is 5.49. The van der Waals surface area contributed by atoms with Crippen LogP contribution in [-0.4, -0.2) is 30.8 Å². The number of fused-ring (bicyclic) bond motifs is 1. The first kappa shape index (κ1) is 17.2. The lowest BCUT2D eigenvalue weighted by molar-refractivity contribution is -0.141. The SMILES string of the molecule is COC(=O)C[C@H](NC(=O)CCc1cscn1)c1ccc2c(c1)OCO2. The number of hydrogen-bond donors (Lipinski definition) is 1. The second-order valence-corrected chi connectivity index (χ2v) is 6.21. The normalized spacial score (nSPS) is 13.3. The smallest absolute Gasteiger partial charge is 0.307 e. The van der Waals surface area contributed by atoms with Gasteiger partial charge in [0.2, 0.25) is 12.7 Å². The molecular weight excluding hydrogens is 344 g/mol. The van der Waals surface area contributed by atoms with E-state index in [2.05, 4.69) is 10.3 Å². The molecule has 1 aliphatic heterocycles. The average molecular weight is 362 g/mol. The van der Waals surface area contributed by atoms with Crippen molar-refractivity contribution in [1.82, 2.24) is 10.3 Å². The number of aryl methyl sites for hydroxylation is 1. The third-order valence-corrected chi connectivity index (χ3v) is 4.46. The van der Waals surface area contributed by atoms with Gasteiger partial charge in [0.1, 0.15) is 0 Å². The number of esters is 1. The summed E-state index contributed by atoms with van der Waals surface area (Å²) in [6.45, 7) is 0.167. The maximum Gasteiger partial charge on any atom is 0.307 e. The van der Waals surface area contributed by atoms with Crippen LogP contribution in [0.5, 0.6) is 11.5 Å². The van der Waals surface area contributed by atoms with E-state index in [-0.39, 0.29) is 19.1 Å². The van der Waals surface area contributed by atoms with Crippen LogP contribution >= 0.6 is 11.3 Å². The zero-order valence-corrected chi connectivity index (χ0v) is 14.5. The van der Waals surface area contributed by atoms with E-state index in [0.29, 0.717) is 24.3 Å². The van der Waals surface area contributed by atoms with Gasteiger partial charge in [0.15, 0.2) is 11.5 Å². The van der Waals surface area contributed by atoms with Crippen LogP contribution in [0.3, 0.4) is 0 Å². The van der Waals surface area contributed by atoms with Gasteiger partial charge in [-0.05, 0) is 24.1 Å². The van der Waals surface area contributed by atoms with Gasteiger partial charge in [0.05, 0.1) is 30.8 Å². The molecule has 0 fully saturated rings. The molecule has 0 aliphatic carbocycles. The van der Waals surface area contributed by atoms with E-state index >= 15 is 0 Å². The Hall–Kier alpha value is -2.61. The Morgan fingerprint density at radius 1 is 1.36 bits per heavy atom. The first-order valence-corrected chi connectivity index (χ1v) is 8.73. The second kappa shape index (κ2) is 7.98.